The Morgan fingerprint density at radius 2 is 1.81 bits per heavy atom. The summed E-state index contributed by atoms with van der Waals surface area (Å²) in [7, 11) is 0. The Morgan fingerprint density at radius 3 is 2.57 bits per heavy atom. The molecule has 0 amide bonds. The molecule has 4 rings (SSSR count). The van der Waals surface area contributed by atoms with Crippen LogP contribution in [0, 0.1) is 5.41 Å². The van der Waals surface area contributed by atoms with E-state index in [2.05, 4.69) is 30.3 Å². The average Bonchev–Trinajstić information content (AvgIpc) is 3.27. The maximum atomic E-state index is 13.1. The zero-order valence-corrected chi connectivity index (χ0v) is 13.8. The number of ketones is 1. The topological polar surface area (TPSA) is 17.1 Å². The molecule has 0 aromatic heterocycles. The van der Waals surface area contributed by atoms with E-state index in [0.29, 0.717) is 11.7 Å². The van der Waals surface area contributed by atoms with Crippen LogP contribution in [-0.4, -0.2) is 17.3 Å². The van der Waals surface area contributed by atoms with Gasteiger partial charge in [0.05, 0.1) is 0 Å². The van der Waals surface area contributed by atoms with Gasteiger partial charge in [-0.2, -0.15) is 0 Å². The summed E-state index contributed by atoms with van der Waals surface area (Å²) in [6.45, 7) is 0. The van der Waals surface area contributed by atoms with E-state index >= 15 is 0 Å². The van der Waals surface area contributed by atoms with Gasteiger partial charge in [-0.3, -0.25) is 4.79 Å². The van der Waals surface area contributed by atoms with Crippen LogP contribution in [-0.2, 0) is 4.79 Å². The van der Waals surface area contributed by atoms with E-state index < -0.39 is 0 Å². The summed E-state index contributed by atoms with van der Waals surface area (Å²) in [4.78, 5) is 13.1. The van der Waals surface area contributed by atoms with E-state index in [4.69, 9.17) is 0 Å². The first-order valence-corrected chi connectivity index (χ1v) is 9.87. The predicted molar refractivity (Wildman–Crippen MR) is 91.7 cm³/mol. The predicted octanol–water partition coefficient (Wildman–Crippen LogP) is 5.00. The number of thioether (sulfide) groups is 2. The van der Waals surface area contributed by atoms with Gasteiger partial charge in [0, 0.05) is 15.2 Å². The molecule has 0 N–H and O–H groups in total. The normalized spacial score (nSPS) is 32.6. The number of carbonyl (C=O) groups is 1. The molecule has 1 aliphatic heterocycles. The van der Waals surface area contributed by atoms with E-state index in [1.807, 2.05) is 23.5 Å². The third-order valence-corrected chi connectivity index (χ3v) is 7.76. The number of benzene rings is 1. The van der Waals surface area contributed by atoms with E-state index in [0.717, 1.165) is 19.3 Å². The molecule has 1 spiro atoms. The van der Waals surface area contributed by atoms with Crippen molar-refractivity contribution in [3.05, 3.63) is 45.7 Å². The molecule has 3 heteroatoms. The Kier molecular flexibility index (Phi) is 3.66. The monoisotopic (exact) mass is 316 g/mol. The van der Waals surface area contributed by atoms with Crippen LogP contribution >= 0.6 is 23.5 Å². The van der Waals surface area contributed by atoms with Crippen molar-refractivity contribution in [2.45, 2.75) is 38.0 Å². The van der Waals surface area contributed by atoms with E-state index in [-0.39, 0.29) is 5.41 Å². The van der Waals surface area contributed by atoms with Gasteiger partial charge in [-0.25, -0.2) is 0 Å². The first kappa shape index (κ1) is 14.0. The van der Waals surface area contributed by atoms with Crippen molar-refractivity contribution in [1.82, 2.24) is 0 Å². The van der Waals surface area contributed by atoms with Gasteiger partial charge in [0.2, 0.25) is 0 Å². The fraction of sp³-hybridized carbons (Fsp3) is 0.500. The molecule has 2 atom stereocenters. The lowest BCUT2D eigenvalue weighted by atomic mass is 9.79. The second-order valence-corrected chi connectivity index (χ2v) is 8.79. The van der Waals surface area contributed by atoms with Gasteiger partial charge in [0.25, 0.3) is 0 Å². The lowest BCUT2D eigenvalue weighted by Crippen LogP contribution is -2.25. The molecule has 0 radical (unpaired) electrons. The van der Waals surface area contributed by atoms with Crippen LogP contribution in [0.25, 0.3) is 0 Å². The van der Waals surface area contributed by atoms with Crippen molar-refractivity contribution < 1.29 is 4.79 Å². The van der Waals surface area contributed by atoms with Crippen LogP contribution in [0.4, 0.5) is 0 Å². The Morgan fingerprint density at radius 1 is 1.05 bits per heavy atom. The fourth-order valence-electron chi connectivity index (χ4n) is 3.86. The third-order valence-electron chi connectivity index (χ3n) is 5.05. The van der Waals surface area contributed by atoms with Crippen LogP contribution in [0.2, 0.25) is 0 Å². The van der Waals surface area contributed by atoms with Gasteiger partial charge in [0.1, 0.15) is 0 Å². The van der Waals surface area contributed by atoms with Crippen LogP contribution < -0.4 is 0 Å². The first-order valence-electron chi connectivity index (χ1n) is 7.90. The molecular weight excluding hydrogens is 296 g/mol. The average molecular weight is 316 g/mol. The molecule has 110 valence electrons. The molecule has 21 heavy (non-hydrogen) atoms. The van der Waals surface area contributed by atoms with Gasteiger partial charge in [-0.1, -0.05) is 30.3 Å². The molecular formula is C18H20OS2. The zero-order chi connectivity index (χ0) is 14.3. The Labute approximate surface area is 135 Å². The molecule has 0 bridgehead atoms. The molecule has 2 saturated carbocycles. The zero-order valence-electron chi connectivity index (χ0n) is 12.1. The summed E-state index contributed by atoms with van der Waals surface area (Å²) in [5, 5.41) is 0. The van der Waals surface area contributed by atoms with Crippen LogP contribution in [0.15, 0.2) is 40.1 Å². The second kappa shape index (κ2) is 5.51. The Bertz CT molecular complexity index is 584. The lowest BCUT2D eigenvalue weighted by molar-refractivity contribution is -0.122. The summed E-state index contributed by atoms with van der Waals surface area (Å²) in [5.74, 6) is 3.34. The molecule has 3 fully saturated rings. The Balaban J connectivity index is 1.62. The number of hydrogen-bond acceptors (Lipinski definition) is 3. The lowest BCUT2D eigenvalue weighted by Gasteiger charge is -2.27. The highest BCUT2D eigenvalue weighted by Crippen LogP contribution is 2.66. The smallest absolute Gasteiger partial charge is 0.167 e. The van der Waals surface area contributed by atoms with Gasteiger partial charge in [-0.05, 0) is 55.1 Å². The van der Waals surface area contributed by atoms with Gasteiger partial charge >= 0.3 is 0 Å². The molecule has 3 aliphatic rings. The fourth-order valence-corrected chi connectivity index (χ4v) is 6.56. The van der Waals surface area contributed by atoms with Crippen LogP contribution in [0.1, 0.15) is 43.6 Å². The largest absolute Gasteiger partial charge is 0.294 e. The van der Waals surface area contributed by atoms with Crippen molar-refractivity contribution in [2.75, 3.05) is 11.5 Å². The second-order valence-electron chi connectivity index (χ2n) is 6.32. The summed E-state index contributed by atoms with van der Waals surface area (Å²) in [5.41, 5.74) is 2.50. The number of allylic oxidation sites excluding steroid dienone is 1. The van der Waals surface area contributed by atoms with Crippen molar-refractivity contribution in [3.8, 4) is 0 Å². The molecule has 1 aromatic rings. The summed E-state index contributed by atoms with van der Waals surface area (Å²) < 4.78 is 1.35. The molecule has 0 unspecified atom stereocenters. The van der Waals surface area contributed by atoms with Crippen molar-refractivity contribution in [3.63, 3.8) is 0 Å². The van der Waals surface area contributed by atoms with Crippen molar-refractivity contribution >= 4 is 29.3 Å². The minimum absolute atomic E-state index is 0.0412. The van der Waals surface area contributed by atoms with Gasteiger partial charge in [0.15, 0.2) is 5.78 Å². The molecule has 1 aromatic carbocycles. The summed E-state index contributed by atoms with van der Waals surface area (Å²) >= 11 is 3.84. The highest BCUT2D eigenvalue weighted by Gasteiger charge is 2.61. The molecule has 1 saturated heterocycles. The highest BCUT2D eigenvalue weighted by atomic mass is 32.2. The molecule has 1 heterocycles. The number of rotatable bonds is 1. The third kappa shape index (κ3) is 2.39. The van der Waals surface area contributed by atoms with Crippen LogP contribution in [0.3, 0.4) is 0 Å². The minimum Gasteiger partial charge on any atom is -0.294 e. The standard InChI is InChI=1S/C18H20OS2/c19-16-14(17-20-10-5-11-21-17)8-4-9-18(16)12-15(18)13-6-2-1-3-7-13/h1-3,6-7,15H,4-5,8-12H2/t15-,18+/m1/s1. The number of carbonyl (C=O) groups excluding carboxylic acids is 1. The summed E-state index contributed by atoms with van der Waals surface area (Å²) in [6, 6.07) is 10.6. The van der Waals surface area contributed by atoms with E-state index in [1.54, 1.807) is 0 Å². The highest BCUT2D eigenvalue weighted by molar-refractivity contribution is 8.22. The number of Topliss-reactive ketones (excluding diaryl/α,β-unsaturated/α-hetero) is 1. The molecule has 1 nitrogen and oxygen atoms in total. The number of hydrogen-bond donors (Lipinski definition) is 0. The minimum atomic E-state index is -0.0412. The Hall–Kier alpha value is -0.670. The van der Waals surface area contributed by atoms with E-state index in [1.165, 1.54) is 39.7 Å². The summed E-state index contributed by atoms with van der Waals surface area (Å²) in [6.07, 6.45) is 5.64. The van der Waals surface area contributed by atoms with Crippen LogP contribution in [0.5, 0.6) is 0 Å². The SMILES string of the molecule is O=C1C(=C2SCCCS2)CCC[C@@]12C[C@@H]2c1ccccc1. The van der Waals surface area contributed by atoms with Crippen molar-refractivity contribution in [1.29, 1.82) is 0 Å². The van der Waals surface area contributed by atoms with Gasteiger partial charge < -0.3 is 0 Å². The first-order chi connectivity index (χ1) is 10.3. The maximum absolute atomic E-state index is 13.1. The molecule has 2 aliphatic carbocycles. The quantitative estimate of drug-likeness (QED) is 0.679. The van der Waals surface area contributed by atoms with E-state index in [9.17, 15) is 4.79 Å². The van der Waals surface area contributed by atoms with Gasteiger partial charge in [-0.15, -0.1) is 23.5 Å². The van der Waals surface area contributed by atoms with Crippen molar-refractivity contribution in [2.24, 2.45) is 5.41 Å². The maximum Gasteiger partial charge on any atom is 0.167 e.